The molecule has 0 amide bonds. The summed E-state index contributed by atoms with van der Waals surface area (Å²) in [5.74, 6) is 0.916. The van der Waals surface area contributed by atoms with E-state index in [9.17, 15) is 9.90 Å². The molecular formula is C14H27NO2. The van der Waals surface area contributed by atoms with Crippen LogP contribution in [0.5, 0.6) is 0 Å². The van der Waals surface area contributed by atoms with Crippen LogP contribution in [0, 0.1) is 17.8 Å². The second-order valence-electron chi connectivity index (χ2n) is 6.28. The van der Waals surface area contributed by atoms with Crippen molar-refractivity contribution in [2.45, 2.75) is 65.5 Å². The van der Waals surface area contributed by atoms with Gasteiger partial charge in [-0.05, 0) is 43.4 Å². The third kappa shape index (κ3) is 5.53. The zero-order chi connectivity index (χ0) is 13.0. The average molecular weight is 241 g/mol. The Hall–Kier alpha value is -0.570. The zero-order valence-corrected chi connectivity index (χ0v) is 11.6. The number of carboxylic acid groups (broad SMARTS) is 1. The maximum Gasteiger partial charge on any atom is 0.320 e. The molecule has 100 valence electrons. The van der Waals surface area contributed by atoms with Crippen molar-refractivity contribution in [2.24, 2.45) is 17.8 Å². The van der Waals surface area contributed by atoms with Gasteiger partial charge in [-0.15, -0.1) is 0 Å². The van der Waals surface area contributed by atoms with E-state index in [0.29, 0.717) is 23.8 Å². The minimum absolute atomic E-state index is 0.322. The van der Waals surface area contributed by atoms with E-state index >= 15 is 0 Å². The summed E-state index contributed by atoms with van der Waals surface area (Å²) in [5.41, 5.74) is 0. The van der Waals surface area contributed by atoms with Crippen LogP contribution in [-0.2, 0) is 4.79 Å². The first kappa shape index (κ1) is 14.5. The molecule has 1 rings (SSSR count). The lowest BCUT2D eigenvalue weighted by Gasteiger charge is -2.26. The average Bonchev–Trinajstić information content (AvgIpc) is 2.94. The number of aliphatic carboxylic acids is 1. The highest BCUT2D eigenvalue weighted by atomic mass is 16.4. The molecule has 17 heavy (non-hydrogen) atoms. The number of hydrogen-bond donors (Lipinski definition) is 2. The van der Waals surface area contributed by atoms with Crippen LogP contribution in [0.25, 0.3) is 0 Å². The fourth-order valence-electron chi connectivity index (χ4n) is 2.46. The summed E-state index contributed by atoms with van der Waals surface area (Å²) in [5, 5.41) is 12.6. The van der Waals surface area contributed by atoms with Crippen molar-refractivity contribution in [3.63, 3.8) is 0 Å². The Kier molecular flexibility index (Phi) is 5.44. The van der Waals surface area contributed by atoms with Gasteiger partial charge in [-0.3, -0.25) is 4.79 Å². The van der Waals surface area contributed by atoms with Crippen LogP contribution in [0.4, 0.5) is 0 Å². The smallest absolute Gasteiger partial charge is 0.320 e. The van der Waals surface area contributed by atoms with E-state index in [-0.39, 0.29) is 6.04 Å². The van der Waals surface area contributed by atoms with Gasteiger partial charge < -0.3 is 10.4 Å². The minimum atomic E-state index is -0.676. The second-order valence-corrected chi connectivity index (χ2v) is 6.28. The van der Waals surface area contributed by atoms with Crippen molar-refractivity contribution in [2.75, 3.05) is 0 Å². The monoisotopic (exact) mass is 241 g/mol. The van der Waals surface area contributed by atoms with E-state index in [1.165, 1.54) is 0 Å². The molecule has 0 heterocycles. The van der Waals surface area contributed by atoms with Crippen LogP contribution < -0.4 is 5.32 Å². The van der Waals surface area contributed by atoms with Crippen molar-refractivity contribution in [3.8, 4) is 0 Å². The fraction of sp³-hybridized carbons (Fsp3) is 0.929. The first-order valence-electron chi connectivity index (χ1n) is 6.89. The third-order valence-electron chi connectivity index (χ3n) is 3.29. The van der Waals surface area contributed by atoms with Gasteiger partial charge in [-0.2, -0.15) is 0 Å². The largest absolute Gasteiger partial charge is 0.480 e. The zero-order valence-electron chi connectivity index (χ0n) is 11.6. The van der Waals surface area contributed by atoms with Crippen molar-refractivity contribution >= 4 is 5.97 Å². The molecule has 0 spiro atoms. The quantitative estimate of drug-likeness (QED) is 0.687. The number of carboxylic acids is 1. The lowest BCUT2D eigenvalue weighted by Crippen LogP contribution is -2.45. The molecule has 0 aliphatic heterocycles. The molecule has 0 radical (unpaired) electrons. The Labute approximate surface area is 105 Å². The van der Waals surface area contributed by atoms with Crippen LogP contribution in [-0.4, -0.2) is 23.2 Å². The molecule has 0 aromatic heterocycles. The topological polar surface area (TPSA) is 49.3 Å². The van der Waals surface area contributed by atoms with Crippen LogP contribution >= 0.6 is 0 Å². The molecule has 1 atom stereocenters. The lowest BCUT2D eigenvalue weighted by molar-refractivity contribution is -0.140. The van der Waals surface area contributed by atoms with Gasteiger partial charge in [0, 0.05) is 6.04 Å². The SMILES string of the molecule is CC(C)CC(CC(C)C)NC(C(=O)O)C1CC1. The van der Waals surface area contributed by atoms with Gasteiger partial charge in [0.15, 0.2) is 0 Å². The van der Waals surface area contributed by atoms with Gasteiger partial charge in [0.05, 0.1) is 0 Å². The summed E-state index contributed by atoms with van der Waals surface area (Å²) in [4.78, 5) is 11.2. The molecule has 0 aromatic carbocycles. The van der Waals surface area contributed by atoms with Crippen molar-refractivity contribution < 1.29 is 9.90 Å². The molecule has 3 heteroatoms. The summed E-state index contributed by atoms with van der Waals surface area (Å²) >= 11 is 0. The second kappa shape index (κ2) is 6.39. The summed E-state index contributed by atoms with van der Waals surface area (Å²) in [6.07, 6.45) is 4.27. The van der Waals surface area contributed by atoms with Crippen LogP contribution in [0.2, 0.25) is 0 Å². The van der Waals surface area contributed by atoms with E-state index in [1.54, 1.807) is 0 Å². The summed E-state index contributed by atoms with van der Waals surface area (Å²) < 4.78 is 0. The fourth-order valence-corrected chi connectivity index (χ4v) is 2.46. The minimum Gasteiger partial charge on any atom is -0.480 e. The lowest BCUT2D eigenvalue weighted by atomic mass is 9.94. The van der Waals surface area contributed by atoms with E-state index < -0.39 is 5.97 Å². The summed E-state index contributed by atoms with van der Waals surface area (Å²) in [6.45, 7) is 8.79. The standard InChI is InChI=1S/C14H27NO2/c1-9(2)7-12(8-10(3)4)15-13(14(16)17)11-5-6-11/h9-13,15H,5-8H2,1-4H3,(H,16,17). The Morgan fingerprint density at radius 1 is 1.18 bits per heavy atom. The van der Waals surface area contributed by atoms with Crippen LogP contribution in [0.15, 0.2) is 0 Å². The maximum absolute atomic E-state index is 11.2. The molecule has 1 saturated carbocycles. The highest BCUT2D eigenvalue weighted by Crippen LogP contribution is 2.33. The molecule has 1 unspecified atom stereocenters. The highest BCUT2D eigenvalue weighted by Gasteiger charge is 2.37. The van der Waals surface area contributed by atoms with E-state index in [4.69, 9.17) is 0 Å². The Balaban J connectivity index is 2.52. The van der Waals surface area contributed by atoms with Gasteiger partial charge in [0.1, 0.15) is 6.04 Å². The number of hydrogen-bond acceptors (Lipinski definition) is 2. The van der Waals surface area contributed by atoms with Gasteiger partial charge in [0.2, 0.25) is 0 Å². The van der Waals surface area contributed by atoms with E-state index in [2.05, 4.69) is 33.0 Å². The van der Waals surface area contributed by atoms with Crippen LogP contribution in [0.1, 0.15) is 53.4 Å². The van der Waals surface area contributed by atoms with Gasteiger partial charge in [-0.25, -0.2) is 0 Å². The number of rotatable bonds is 8. The Bertz CT molecular complexity index is 237. The van der Waals surface area contributed by atoms with Gasteiger partial charge >= 0.3 is 5.97 Å². The predicted molar refractivity (Wildman–Crippen MR) is 70.0 cm³/mol. The summed E-state index contributed by atoms with van der Waals surface area (Å²) in [6, 6.07) is 0.0224. The van der Waals surface area contributed by atoms with E-state index in [0.717, 1.165) is 25.7 Å². The first-order chi connectivity index (χ1) is 7.90. The van der Waals surface area contributed by atoms with Gasteiger partial charge in [0.25, 0.3) is 0 Å². The van der Waals surface area contributed by atoms with E-state index in [1.807, 2.05) is 0 Å². The Morgan fingerprint density at radius 3 is 1.94 bits per heavy atom. The predicted octanol–water partition coefficient (Wildman–Crippen LogP) is 2.90. The molecule has 1 fully saturated rings. The van der Waals surface area contributed by atoms with Crippen molar-refractivity contribution in [1.82, 2.24) is 5.32 Å². The highest BCUT2D eigenvalue weighted by molar-refractivity contribution is 5.74. The Morgan fingerprint density at radius 2 is 1.65 bits per heavy atom. The molecule has 0 bridgehead atoms. The molecule has 1 aliphatic rings. The third-order valence-corrected chi connectivity index (χ3v) is 3.29. The molecule has 3 nitrogen and oxygen atoms in total. The van der Waals surface area contributed by atoms with Gasteiger partial charge in [-0.1, -0.05) is 27.7 Å². The number of nitrogens with one attached hydrogen (secondary N) is 1. The van der Waals surface area contributed by atoms with Crippen LogP contribution in [0.3, 0.4) is 0 Å². The van der Waals surface area contributed by atoms with Crippen molar-refractivity contribution in [3.05, 3.63) is 0 Å². The molecule has 1 aliphatic carbocycles. The molecule has 0 aromatic rings. The molecule has 2 N–H and O–H groups in total. The molecular weight excluding hydrogens is 214 g/mol. The van der Waals surface area contributed by atoms with Crippen molar-refractivity contribution in [1.29, 1.82) is 0 Å². The maximum atomic E-state index is 11.2. The molecule has 0 saturated heterocycles. The first-order valence-corrected chi connectivity index (χ1v) is 6.89. The number of carbonyl (C=O) groups is 1. The normalized spacial score (nSPS) is 18.1. The summed E-state index contributed by atoms with van der Waals surface area (Å²) in [7, 11) is 0.